The lowest BCUT2D eigenvalue weighted by atomic mass is 10.1. The molecule has 0 radical (unpaired) electrons. The van der Waals surface area contributed by atoms with Crippen molar-refractivity contribution >= 4 is 23.3 Å². The molecule has 0 atom stereocenters. The van der Waals surface area contributed by atoms with Crippen molar-refractivity contribution in [3.63, 3.8) is 0 Å². The number of nitrogens with zero attached hydrogens (tertiary/aromatic N) is 1. The minimum atomic E-state index is -0.345. The molecule has 1 heterocycles. The molecule has 1 N–H and O–H groups in total. The van der Waals surface area contributed by atoms with Crippen molar-refractivity contribution in [1.29, 1.82) is 0 Å². The molecular weight excluding hydrogens is 400 g/mol. The van der Waals surface area contributed by atoms with E-state index in [0.717, 1.165) is 0 Å². The van der Waals surface area contributed by atoms with Crippen molar-refractivity contribution in [3.8, 4) is 17.2 Å². The number of hydrogen-bond donors (Lipinski definition) is 1. The number of para-hydroxylation sites is 2. The summed E-state index contributed by atoms with van der Waals surface area (Å²) in [5, 5.41) is 2.79. The van der Waals surface area contributed by atoms with Crippen LogP contribution >= 0.6 is 0 Å². The number of rotatable bonds is 9. The van der Waals surface area contributed by atoms with Crippen molar-refractivity contribution in [2.24, 2.45) is 5.92 Å². The predicted octanol–water partition coefficient (Wildman–Crippen LogP) is 2.45. The van der Waals surface area contributed by atoms with E-state index in [9.17, 15) is 14.4 Å². The molecule has 0 saturated heterocycles. The summed E-state index contributed by atoms with van der Waals surface area (Å²) in [6.07, 6.45) is 0. The van der Waals surface area contributed by atoms with Crippen LogP contribution in [0, 0.1) is 5.92 Å². The molecule has 0 bridgehead atoms. The third-order valence-electron chi connectivity index (χ3n) is 4.66. The van der Waals surface area contributed by atoms with Gasteiger partial charge in [-0.25, -0.2) is 0 Å². The SMILES string of the molecule is COc1ccccc1OCC(=O)c1ccc2c(c1)N(CC(=O)NCC(C)C)C(=O)CO2. The number of nitrogens with one attached hydrogen (secondary N) is 1. The maximum absolute atomic E-state index is 12.7. The zero-order valence-corrected chi connectivity index (χ0v) is 17.8. The zero-order valence-electron chi connectivity index (χ0n) is 17.8. The van der Waals surface area contributed by atoms with Crippen LogP contribution in [0.1, 0.15) is 24.2 Å². The fourth-order valence-electron chi connectivity index (χ4n) is 3.03. The van der Waals surface area contributed by atoms with Gasteiger partial charge in [0.05, 0.1) is 12.8 Å². The lowest BCUT2D eigenvalue weighted by Gasteiger charge is -2.29. The summed E-state index contributed by atoms with van der Waals surface area (Å²) in [5.41, 5.74) is 0.735. The number of hydrogen-bond acceptors (Lipinski definition) is 6. The normalized spacial score (nSPS) is 12.8. The van der Waals surface area contributed by atoms with E-state index in [1.165, 1.54) is 12.0 Å². The van der Waals surface area contributed by atoms with Gasteiger partial charge in [-0.15, -0.1) is 0 Å². The van der Waals surface area contributed by atoms with E-state index in [-0.39, 0.29) is 37.4 Å². The lowest BCUT2D eigenvalue weighted by molar-refractivity contribution is -0.125. The van der Waals surface area contributed by atoms with E-state index in [0.29, 0.717) is 41.0 Å². The molecule has 2 aromatic rings. The summed E-state index contributed by atoms with van der Waals surface area (Å²) in [6, 6.07) is 11.8. The number of benzene rings is 2. The minimum absolute atomic E-state index is 0.142. The van der Waals surface area contributed by atoms with E-state index in [4.69, 9.17) is 14.2 Å². The van der Waals surface area contributed by atoms with Crippen LogP contribution < -0.4 is 24.4 Å². The van der Waals surface area contributed by atoms with Crippen molar-refractivity contribution < 1.29 is 28.6 Å². The Kier molecular flexibility index (Phi) is 7.12. The van der Waals surface area contributed by atoms with Crippen LogP contribution in [-0.2, 0) is 9.59 Å². The third-order valence-corrected chi connectivity index (χ3v) is 4.66. The van der Waals surface area contributed by atoms with Gasteiger partial charge in [0.1, 0.15) is 12.3 Å². The highest BCUT2D eigenvalue weighted by atomic mass is 16.5. The maximum atomic E-state index is 12.7. The molecule has 0 saturated carbocycles. The molecule has 1 aliphatic heterocycles. The van der Waals surface area contributed by atoms with Crippen LogP contribution in [0.15, 0.2) is 42.5 Å². The van der Waals surface area contributed by atoms with E-state index in [1.54, 1.807) is 42.5 Å². The number of amides is 2. The van der Waals surface area contributed by atoms with Gasteiger partial charge in [0.25, 0.3) is 5.91 Å². The highest BCUT2D eigenvalue weighted by Gasteiger charge is 2.28. The van der Waals surface area contributed by atoms with Crippen LogP contribution in [0.3, 0.4) is 0 Å². The van der Waals surface area contributed by atoms with Gasteiger partial charge in [-0.3, -0.25) is 19.3 Å². The molecule has 0 unspecified atom stereocenters. The van der Waals surface area contributed by atoms with Gasteiger partial charge in [-0.2, -0.15) is 0 Å². The summed E-state index contributed by atoms with van der Waals surface area (Å²) in [7, 11) is 1.52. The van der Waals surface area contributed by atoms with Gasteiger partial charge in [-0.05, 0) is 36.2 Å². The molecule has 164 valence electrons. The van der Waals surface area contributed by atoms with Gasteiger partial charge < -0.3 is 19.5 Å². The predicted molar refractivity (Wildman–Crippen MR) is 115 cm³/mol. The molecule has 31 heavy (non-hydrogen) atoms. The van der Waals surface area contributed by atoms with Crippen LogP contribution in [0.5, 0.6) is 17.2 Å². The number of carbonyl (C=O) groups is 3. The van der Waals surface area contributed by atoms with Crippen molar-refractivity contribution in [2.75, 3.05) is 38.3 Å². The Hall–Kier alpha value is -3.55. The standard InChI is InChI=1S/C23H26N2O6/c1-15(2)11-24-22(27)12-25-17-10-16(8-9-19(17)31-14-23(25)28)18(26)13-30-21-7-5-4-6-20(21)29-3/h4-10,15H,11-14H2,1-3H3,(H,24,27). The lowest BCUT2D eigenvalue weighted by Crippen LogP contribution is -2.45. The second kappa shape index (κ2) is 9.97. The number of methoxy groups -OCH3 is 1. The second-order valence-electron chi connectivity index (χ2n) is 7.51. The zero-order chi connectivity index (χ0) is 22.4. The van der Waals surface area contributed by atoms with E-state index in [2.05, 4.69) is 5.32 Å². The van der Waals surface area contributed by atoms with E-state index < -0.39 is 0 Å². The number of ketones is 1. The van der Waals surface area contributed by atoms with Gasteiger partial charge >= 0.3 is 0 Å². The molecule has 0 aromatic heterocycles. The molecule has 2 amide bonds. The summed E-state index contributed by atoms with van der Waals surface area (Å²) in [4.78, 5) is 38.7. The first kappa shape index (κ1) is 22.1. The maximum Gasteiger partial charge on any atom is 0.265 e. The van der Waals surface area contributed by atoms with Crippen LogP contribution in [0.4, 0.5) is 5.69 Å². The quantitative estimate of drug-likeness (QED) is 0.619. The Morgan fingerprint density at radius 2 is 1.90 bits per heavy atom. The average molecular weight is 426 g/mol. The fraction of sp³-hybridized carbons (Fsp3) is 0.348. The van der Waals surface area contributed by atoms with E-state index in [1.807, 2.05) is 13.8 Å². The van der Waals surface area contributed by atoms with Gasteiger partial charge in [0.2, 0.25) is 5.91 Å². The molecule has 8 nitrogen and oxygen atoms in total. The number of ether oxygens (including phenoxy) is 3. The van der Waals surface area contributed by atoms with Gasteiger partial charge in [-0.1, -0.05) is 26.0 Å². The highest BCUT2D eigenvalue weighted by molar-refractivity contribution is 6.04. The summed E-state index contributed by atoms with van der Waals surface area (Å²) in [5.74, 6) is 0.822. The van der Waals surface area contributed by atoms with E-state index >= 15 is 0 Å². The molecule has 1 aliphatic rings. The Labute approximate surface area is 181 Å². The number of fused-ring (bicyclic) bond motifs is 1. The fourth-order valence-corrected chi connectivity index (χ4v) is 3.03. The Morgan fingerprint density at radius 3 is 2.61 bits per heavy atom. The molecule has 0 spiro atoms. The van der Waals surface area contributed by atoms with Crippen molar-refractivity contribution in [2.45, 2.75) is 13.8 Å². The molecule has 0 aliphatic carbocycles. The van der Waals surface area contributed by atoms with Gasteiger partial charge in [0.15, 0.2) is 30.5 Å². The first-order chi connectivity index (χ1) is 14.9. The largest absolute Gasteiger partial charge is 0.493 e. The first-order valence-electron chi connectivity index (χ1n) is 10.0. The summed E-state index contributed by atoms with van der Waals surface area (Å²) >= 11 is 0. The molecule has 3 rings (SSSR count). The Morgan fingerprint density at radius 1 is 1.16 bits per heavy atom. The smallest absolute Gasteiger partial charge is 0.265 e. The molecular formula is C23H26N2O6. The first-order valence-corrected chi connectivity index (χ1v) is 10.0. The highest BCUT2D eigenvalue weighted by Crippen LogP contribution is 2.33. The number of carbonyl (C=O) groups excluding carboxylic acids is 3. The summed E-state index contributed by atoms with van der Waals surface area (Å²) in [6.45, 7) is 3.98. The number of Topliss-reactive ketones (excluding diaryl/α,β-unsaturated/α-hetero) is 1. The topological polar surface area (TPSA) is 94.2 Å². The Balaban J connectivity index is 1.74. The number of anilines is 1. The average Bonchev–Trinajstić information content (AvgIpc) is 2.77. The summed E-state index contributed by atoms with van der Waals surface area (Å²) < 4.78 is 16.3. The minimum Gasteiger partial charge on any atom is -0.493 e. The monoisotopic (exact) mass is 426 g/mol. The second-order valence-corrected chi connectivity index (χ2v) is 7.51. The molecule has 8 heteroatoms. The van der Waals surface area contributed by atoms with Gasteiger partial charge in [0, 0.05) is 12.1 Å². The molecule has 0 fully saturated rings. The van der Waals surface area contributed by atoms with Crippen LogP contribution in [0.25, 0.3) is 0 Å². The van der Waals surface area contributed by atoms with Crippen molar-refractivity contribution in [3.05, 3.63) is 48.0 Å². The van der Waals surface area contributed by atoms with Crippen LogP contribution in [0.2, 0.25) is 0 Å². The third kappa shape index (κ3) is 5.53. The molecule has 2 aromatic carbocycles. The van der Waals surface area contributed by atoms with Crippen LogP contribution in [-0.4, -0.2) is 51.0 Å². The Bertz CT molecular complexity index is 972. The van der Waals surface area contributed by atoms with Crippen molar-refractivity contribution in [1.82, 2.24) is 5.32 Å².